The highest BCUT2D eigenvalue weighted by atomic mass is 16.2. The molecule has 2 aromatic carbocycles. The van der Waals surface area contributed by atoms with E-state index in [1.54, 1.807) is 6.33 Å². The van der Waals surface area contributed by atoms with Gasteiger partial charge in [-0.2, -0.15) is 0 Å². The smallest absolute Gasteiger partial charge is 0.227 e. The van der Waals surface area contributed by atoms with E-state index in [1.807, 2.05) is 36.4 Å². The number of carbonyl (C=O) groups excluding carboxylic acids is 1. The van der Waals surface area contributed by atoms with Crippen LogP contribution in [0.25, 0.3) is 11.3 Å². The Morgan fingerprint density at radius 1 is 1.00 bits per heavy atom. The van der Waals surface area contributed by atoms with Crippen LogP contribution in [-0.2, 0) is 11.2 Å². The maximum absolute atomic E-state index is 12.8. The van der Waals surface area contributed by atoms with Crippen LogP contribution in [0.5, 0.6) is 0 Å². The topological polar surface area (TPSA) is 58.1 Å². The van der Waals surface area contributed by atoms with Crippen molar-refractivity contribution < 1.29 is 4.79 Å². The summed E-state index contributed by atoms with van der Waals surface area (Å²) in [6.07, 6.45) is 4.86. The van der Waals surface area contributed by atoms with Crippen LogP contribution in [-0.4, -0.2) is 29.0 Å². The number of fused-ring (bicyclic) bond motifs is 1. The predicted octanol–water partition coefficient (Wildman–Crippen LogP) is 3.77. The maximum atomic E-state index is 12.8. The number of aryl methyl sites for hydroxylation is 1. The van der Waals surface area contributed by atoms with Gasteiger partial charge >= 0.3 is 0 Å². The summed E-state index contributed by atoms with van der Waals surface area (Å²) in [7, 11) is 0. The van der Waals surface area contributed by atoms with Crippen LogP contribution in [0.3, 0.4) is 0 Å². The first-order valence-electron chi connectivity index (χ1n) is 10.3. The van der Waals surface area contributed by atoms with Gasteiger partial charge in [-0.1, -0.05) is 54.6 Å². The molecule has 1 atom stereocenters. The Kier molecular flexibility index (Phi) is 4.72. The molecule has 1 aromatic heterocycles. The van der Waals surface area contributed by atoms with Crippen LogP contribution in [0.4, 0.5) is 5.82 Å². The SMILES string of the molecule is O=C(N[C@H]1CCCc2ccccc21)C1CN(c2cc(-c3ccccc3)ncn2)C1. The molecule has 5 rings (SSSR count). The maximum Gasteiger partial charge on any atom is 0.227 e. The number of carbonyl (C=O) groups is 1. The number of amides is 1. The summed E-state index contributed by atoms with van der Waals surface area (Å²) >= 11 is 0. The summed E-state index contributed by atoms with van der Waals surface area (Å²) in [5, 5.41) is 3.29. The van der Waals surface area contributed by atoms with E-state index in [4.69, 9.17) is 0 Å². The lowest BCUT2D eigenvalue weighted by Crippen LogP contribution is -2.54. The molecular formula is C24H24N4O. The van der Waals surface area contributed by atoms with Gasteiger partial charge in [0.2, 0.25) is 5.91 Å². The van der Waals surface area contributed by atoms with Crippen LogP contribution >= 0.6 is 0 Å². The summed E-state index contributed by atoms with van der Waals surface area (Å²) < 4.78 is 0. The molecule has 1 amide bonds. The zero-order chi connectivity index (χ0) is 19.6. The fourth-order valence-electron chi connectivity index (χ4n) is 4.31. The standard InChI is InChI=1S/C24H24N4O/c29-24(27-21-12-6-10-17-7-4-5-11-20(17)21)19-14-28(15-19)23-13-22(25-16-26-23)18-8-2-1-3-9-18/h1-5,7-9,11,13,16,19,21H,6,10,12,14-15H2,(H,27,29)/t21-/m0/s1. The summed E-state index contributed by atoms with van der Waals surface area (Å²) in [5.41, 5.74) is 4.63. The van der Waals surface area contributed by atoms with Gasteiger partial charge in [-0.3, -0.25) is 4.79 Å². The van der Waals surface area contributed by atoms with Gasteiger partial charge in [0.05, 0.1) is 17.7 Å². The first-order valence-corrected chi connectivity index (χ1v) is 10.3. The number of nitrogens with one attached hydrogen (secondary N) is 1. The van der Waals surface area contributed by atoms with E-state index in [1.165, 1.54) is 11.1 Å². The third-order valence-electron chi connectivity index (χ3n) is 5.98. The molecule has 29 heavy (non-hydrogen) atoms. The summed E-state index contributed by atoms with van der Waals surface area (Å²) in [4.78, 5) is 23.7. The Hall–Kier alpha value is -3.21. The second-order valence-corrected chi connectivity index (χ2v) is 7.88. The highest BCUT2D eigenvalue weighted by molar-refractivity contribution is 5.82. The van der Waals surface area contributed by atoms with Crippen LogP contribution in [0.1, 0.15) is 30.0 Å². The van der Waals surface area contributed by atoms with E-state index in [9.17, 15) is 4.79 Å². The van der Waals surface area contributed by atoms with Gasteiger partial charge in [0.1, 0.15) is 12.1 Å². The molecule has 3 aromatic rings. The van der Waals surface area contributed by atoms with E-state index in [2.05, 4.69) is 44.5 Å². The van der Waals surface area contributed by atoms with Crippen molar-refractivity contribution in [3.63, 3.8) is 0 Å². The summed E-state index contributed by atoms with van der Waals surface area (Å²) in [5.74, 6) is 1.05. The molecular weight excluding hydrogens is 360 g/mol. The van der Waals surface area contributed by atoms with E-state index in [0.29, 0.717) is 13.1 Å². The van der Waals surface area contributed by atoms with Crippen molar-refractivity contribution in [1.29, 1.82) is 0 Å². The average Bonchev–Trinajstić information content (AvgIpc) is 2.74. The minimum absolute atomic E-state index is 0.0132. The van der Waals surface area contributed by atoms with Crippen molar-refractivity contribution in [2.45, 2.75) is 25.3 Å². The van der Waals surface area contributed by atoms with Crippen molar-refractivity contribution in [2.75, 3.05) is 18.0 Å². The minimum Gasteiger partial charge on any atom is -0.355 e. The first kappa shape index (κ1) is 17.9. The van der Waals surface area contributed by atoms with Crippen molar-refractivity contribution in [3.8, 4) is 11.3 Å². The second kappa shape index (κ2) is 7.66. The largest absolute Gasteiger partial charge is 0.355 e. The van der Waals surface area contributed by atoms with Gasteiger partial charge < -0.3 is 10.2 Å². The first-order chi connectivity index (χ1) is 14.3. The molecule has 0 radical (unpaired) electrons. The minimum atomic E-state index is 0.0132. The number of rotatable bonds is 4. The highest BCUT2D eigenvalue weighted by Crippen LogP contribution is 2.31. The lowest BCUT2D eigenvalue weighted by molar-refractivity contribution is -0.126. The zero-order valence-corrected chi connectivity index (χ0v) is 16.3. The Morgan fingerprint density at radius 2 is 1.79 bits per heavy atom. The number of anilines is 1. The van der Waals surface area contributed by atoms with E-state index < -0.39 is 0 Å². The van der Waals surface area contributed by atoms with Crippen molar-refractivity contribution >= 4 is 11.7 Å². The molecule has 1 aliphatic heterocycles. The zero-order valence-electron chi connectivity index (χ0n) is 16.3. The molecule has 2 heterocycles. The normalized spacial score (nSPS) is 18.6. The van der Waals surface area contributed by atoms with Gasteiger partial charge in [0.25, 0.3) is 0 Å². The lowest BCUT2D eigenvalue weighted by Gasteiger charge is -2.40. The third kappa shape index (κ3) is 3.60. The molecule has 5 nitrogen and oxygen atoms in total. The molecule has 0 saturated carbocycles. The van der Waals surface area contributed by atoms with Gasteiger partial charge in [-0.05, 0) is 30.4 Å². The van der Waals surface area contributed by atoms with E-state index in [0.717, 1.165) is 36.3 Å². The van der Waals surface area contributed by atoms with Crippen LogP contribution < -0.4 is 10.2 Å². The summed E-state index contributed by atoms with van der Waals surface area (Å²) in [6, 6.07) is 20.7. The lowest BCUT2D eigenvalue weighted by atomic mass is 9.87. The number of aromatic nitrogens is 2. The Balaban J connectivity index is 1.22. The average molecular weight is 384 g/mol. The molecule has 2 aliphatic rings. The monoisotopic (exact) mass is 384 g/mol. The van der Waals surface area contributed by atoms with E-state index >= 15 is 0 Å². The number of hydrogen-bond acceptors (Lipinski definition) is 4. The van der Waals surface area contributed by atoms with Gasteiger partial charge in [-0.25, -0.2) is 9.97 Å². The van der Waals surface area contributed by atoms with Crippen LogP contribution in [0.2, 0.25) is 0 Å². The number of hydrogen-bond donors (Lipinski definition) is 1. The molecule has 1 aliphatic carbocycles. The van der Waals surface area contributed by atoms with Crippen LogP contribution in [0, 0.1) is 5.92 Å². The Labute approximate surface area is 170 Å². The molecule has 1 N–H and O–H groups in total. The molecule has 1 saturated heterocycles. The van der Waals surface area contributed by atoms with Gasteiger partial charge in [0, 0.05) is 24.7 Å². The van der Waals surface area contributed by atoms with Crippen molar-refractivity contribution in [1.82, 2.24) is 15.3 Å². The molecule has 146 valence electrons. The molecule has 0 spiro atoms. The number of benzene rings is 2. The van der Waals surface area contributed by atoms with Crippen molar-refractivity contribution in [2.24, 2.45) is 5.92 Å². The molecule has 1 fully saturated rings. The predicted molar refractivity (Wildman–Crippen MR) is 113 cm³/mol. The molecule has 0 bridgehead atoms. The highest BCUT2D eigenvalue weighted by Gasteiger charge is 2.35. The van der Waals surface area contributed by atoms with Gasteiger partial charge in [-0.15, -0.1) is 0 Å². The van der Waals surface area contributed by atoms with Gasteiger partial charge in [0.15, 0.2) is 0 Å². The third-order valence-corrected chi connectivity index (χ3v) is 5.98. The summed E-state index contributed by atoms with van der Waals surface area (Å²) in [6.45, 7) is 1.40. The van der Waals surface area contributed by atoms with Crippen molar-refractivity contribution in [3.05, 3.63) is 78.1 Å². The Morgan fingerprint density at radius 3 is 2.66 bits per heavy atom. The fourth-order valence-corrected chi connectivity index (χ4v) is 4.31. The Bertz CT molecular complexity index is 1010. The second-order valence-electron chi connectivity index (χ2n) is 7.88. The number of nitrogens with zero attached hydrogens (tertiary/aromatic N) is 3. The molecule has 5 heteroatoms. The molecule has 0 unspecified atom stereocenters. The quantitative estimate of drug-likeness (QED) is 0.744. The van der Waals surface area contributed by atoms with Crippen LogP contribution in [0.15, 0.2) is 67.0 Å². The van der Waals surface area contributed by atoms with E-state index in [-0.39, 0.29) is 17.9 Å². The fraction of sp³-hybridized carbons (Fsp3) is 0.292.